The summed E-state index contributed by atoms with van der Waals surface area (Å²) in [7, 11) is -3.51. The van der Waals surface area contributed by atoms with Crippen molar-refractivity contribution in [3.63, 3.8) is 0 Å². The normalized spacial score (nSPS) is 19.7. The molecule has 0 aromatic heterocycles. The minimum absolute atomic E-state index is 0.0216. The predicted molar refractivity (Wildman–Crippen MR) is 90.4 cm³/mol. The van der Waals surface area contributed by atoms with Gasteiger partial charge in [0, 0.05) is 19.1 Å². The highest BCUT2D eigenvalue weighted by Gasteiger charge is 2.33. The highest BCUT2D eigenvalue weighted by atomic mass is 32.2. The standard InChI is InChI=1S/C17H26N2O3S/c1-3-15(4-2)18-17(20)14-9-8-12-19(13-14)23(21,22)16-10-6-5-7-11-16/h5-7,10-11,14-15H,3-4,8-9,12-13H2,1-2H3,(H,18,20). The maximum atomic E-state index is 12.7. The first-order chi connectivity index (χ1) is 11.0. The zero-order valence-electron chi connectivity index (χ0n) is 13.9. The Balaban J connectivity index is 2.07. The molecule has 0 radical (unpaired) electrons. The first-order valence-electron chi connectivity index (χ1n) is 8.34. The van der Waals surface area contributed by atoms with Crippen LogP contribution in [-0.2, 0) is 14.8 Å². The maximum absolute atomic E-state index is 12.7. The molecule has 1 N–H and O–H groups in total. The number of piperidine rings is 1. The van der Waals surface area contributed by atoms with Crippen molar-refractivity contribution >= 4 is 15.9 Å². The molecule has 128 valence electrons. The molecule has 1 aliphatic heterocycles. The molecule has 1 atom stereocenters. The summed E-state index contributed by atoms with van der Waals surface area (Å²) in [6.07, 6.45) is 3.24. The summed E-state index contributed by atoms with van der Waals surface area (Å²) in [5.74, 6) is -0.283. The van der Waals surface area contributed by atoms with E-state index in [1.807, 2.05) is 13.8 Å². The maximum Gasteiger partial charge on any atom is 0.243 e. The van der Waals surface area contributed by atoms with Crippen LogP contribution in [0.2, 0.25) is 0 Å². The number of carbonyl (C=O) groups excluding carboxylic acids is 1. The molecule has 1 aromatic rings. The van der Waals surface area contributed by atoms with E-state index in [4.69, 9.17) is 0 Å². The molecule has 0 bridgehead atoms. The summed E-state index contributed by atoms with van der Waals surface area (Å²) in [5.41, 5.74) is 0. The number of benzene rings is 1. The predicted octanol–water partition coefficient (Wildman–Crippen LogP) is 2.39. The van der Waals surface area contributed by atoms with Crippen molar-refractivity contribution in [2.75, 3.05) is 13.1 Å². The molecule has 5 nitrogen and oxygen atoms in total. The number of rotatable bonds is 6. The third-order valence-corrected chi connectivity index (χ3v) is 6.35. The van der Waals surface area contributed by atoms with E-state index in [1.54, 1.807) is 30.3 Å². The molecular formula is C17H26N2O3S. The molecule has 23 heavy (non-hydrogen) atoms. The van der Waals surface area contributed by atoms with Crippen LogP contribution in [0.4, 0.5) is 0 Å². The van der Waals surface area contributed by atoms with E-state index in [-0.39, 0.29) is 24.4 Å². The first kappa shape index (κ1) is 17.9. The Hall–Kier alpha value is -1.40. The lowest BCUT2D eigenvalue weighted by Gasteiger charge is -2.32. The first-order valence-corrected chi connectivity index (χ1v) is 9.78. The van der Waals surface area contributed by atoms with E-state index < -0.39 is 10.0 Å². The molecule has 1 aliphatic rings. The van der Waals surface area contributed by atoms with E-state index in [1.165, 1.54) is 4.31 Å². The van der Waals surface area contributed by atoms with Gasteiger partial charge in [-0.25, -0.2) is 8.42 Å². The van der Waals surface area contributed by atoms with Gasteiger partial charge in [-0.15, -0.1) is 0 Å². The number of hydrogen-bond acceptors (Lipinski definition) is 3. The summed E-state index contributed by atoms with van der Waals surface area (Å²) < 4.78 is 26.8. The Labute approximate surface area is 139 Å². The molecule has 1 saturated heterocycles. The lowest BCUT2D eigenvalue weighted by Crippen LogP contribution is -2.47. The lowest BCUT2D eigenvalue weighted by molar-refractivity contribution is -0.126. The van der Waals surface area contributed by atoms with Crippen molar-refractivity contribution in [1.82, 2.24) is 9.62 Å². The van der Waals surface area contributed by atoms with E-state index in [2.05, 4.69) is 5.32 Å². The van der Waals surface area contributed by atoms with Crippen LogP contribution in [-0.4, -0.2) is 37.8 Å². The van der Waals surface area contributed by atoms with Gasteiger partial charge in [0.1, 0.15) is 0 Å². The van der Waals surface area contributed by atoms with Gasteiger partial charge in [-0.3, -0.25) is 4.79 Å². The average Bonchev–Trinajstić information content (AvgIpc) is 2.60. The Morgan fingerprint density at radius 1 is 1.26 bits per heavy atom. The van der Waals surface area contributed by atoms with Gasteiger partial charge in [-0.2, -0.15) is 4.31 Å². The second-order valence-corrected chi connectivity index (χ2v) is 7.98. The second-order valence-electron chi connectivity index (χ2n) is 6.04. The van der Waals surface area contributed by atoms with Gasteiger partial charge < -0.3 is 5.32 Å². The number of carbonyl (C=O) groups is 1. The number of amides is 1. The van der Waals surface area contributed by atoms with Gasteiger partial charge in [0.05, 0.1) is 10.8 Å². The van der Waals surface area contributed by atoms with Gasteiger partial charge in [0.25, 0.3) is 0 Å². The molecular weight excluding hydrogens is 312 g/mol. The van der Waals surface area contributed by atoms with Crippen molar-refractivity contribution in [3.8, 4) is 0 Å². The van der Waals surface area contributed by atoms with E-state index in [0.717, 1.165) is 19.3 Å². The fraction of sp³-hybridized carbons (Fsp3) is 0.588. The molecule has 1 amide bonds. The Morgan fingerprint density at radius 3 is 2.52 bits per heavy atom. The van der Waals surface area contributed by atoms with Gasteiger partial charge in [-0.05, 0) is 37.8 Å². The third kappa shape index (κ3) is 4.32. The fourth-order valence-corrected chi connectivity index (χ4v) is 4.47. The van der Waals surface area contributed by atoms with Crippen LogP contribution < -0.4 is 5.32 Å². The Bertz CT molecular complexity index is 612. The van der Waals surface area contributed by atoms with Crippen molar-refractivity contribution < 1.29 is 13.2 Å². The number of sulfonamides is 1. The number of nitrogens with one attached hydrogen (secondary N) is 1. The summed E-state index contributed by atoms with van der Waals surface area (Å²) in [6, 6.07) is 8.60. The van der Waals surface area contributed by atoms with Crippen LogP contribution in [0, 0.1) is 5.92 Å². The van der Waals surface area contributed by atoms with Gasteiger partial charge in [0.15, 0.2) is 0 Å². The number of nitrogens with zero attached hydrogens (tertiary/aromatic N) is 1. The highest BCUT2D eigenvalue weighted by Crippen LogP contribution is 2.24. The topological polar surface area (TPSA) is 66.5 Å². The van der Waals surface area contributed by atoms with Crippen LogP contribution in [0.25, 0.3) is 0 Å². The molecule has 6 heteroatoms. The summed E-state index contributed by atoms with van der Waals surface area (Å²) in [4.78, 5) is 12.7. The molecule has 1 unspecified atom stereocenters. The minimum Gasteiger partial charge on any atom is -0.353 e. The van der Waals surface area contributed by atoms with Gasteiger partial charge >= 0.3 is 0 Å². The molecule has 1 fully saturated rings. The zero-order valence-corrected chi connectivity index (χ0v) is 14.7. The van der Waals surface area contributed by atoms with E-state index >= 15 is 0 Å². The lowest BCUT2D eigenvalue weighted by atomic mass is 9.98. The van der Waals surface area contributed by atoms with Crippen molar-refractivity contribution in [2.45, 2.75) is 50.5 Å². The summed E-state index contributed by atoms with van der Waals surface area (Å²) in [6.45, 7) is 4.83. The summed E-state index contributed by atoms with van der Waals surface area (Å²) >= 11 is 0. The molecule has 0 spiro atoms. The highest BCUT2D eigenvalue weighted by molar-refractivity contribution is 7.89. The molecule has 1 aromatic carbocycles. The molecule has 2 rings (SSSR count). The van der Waals surface area contributed by atoms with Crippen LogP contribution in [0.5, 0.6) is 0 Å². The van der Waals surface area contributed by atoms with Crippen LogP contribution in [0.1, 0.15) is 39.5 Å². The average molecular weight is 338 g/mol. The van der Waals surface area contributed by atoms with E-state index in [0.29, 0.717) is 17.9 Å². The zero-order chi connectivity index (χ0) is 16.9. The molecule has 0 saturated carbocycles. The van der Waals surface area contributed by atoms with Gasteiger partial charge in [0.2, 0.25) is 15.9 Å². The molecule has 1 heterocycles. The monoisotopic (exact) mass is 338 g/mol. The Morgan fingerprint density at radius 2 is 1.91 bits per heavy atom. The van der Waals surface area contributed by atoms with Crippen LogP contribution in [0.15, 0.2) is 35.2 Å². The van der Waals surface area contributed by atoms with Crippen LogP contribution in [0.3, 0.4) is 0 Å². The quantitative estimate of drug-likeness (QED) is 0.866. The minimum atomic E-state index is -3.51. The third-order valence-electron chi connectivity index (χ3n) is 4.47. The van der Waals surface area contributed by atoms with Gasteiger partial charge in [-0.1, -0.05) is 32.0 Å². The summed E-state index contributed by atoms with van der Waals surface area (Å²) in [5, 5.41) is 3.04. The second kappa shape index (κ2) is 7.93. The smallest absolute Gasteiger partial charge is 0.243 e. The van der Waals surface area contributed by atoms with Crippen molar-refractivity contribution in [2.24, 2.45) is 5.92 Å². The van der Waals surface area contributed by atoms with Crippen LogP contribution >= 0.6 is 0 Å². The number of hydrogen-bond donors (Lipinski definition) is 1. The van der Waals surface area contributed by atoms with E-state index in [9.17, 15) is 13.2 Å². The fourth-order valence-electron chi connectivity index (χ4n) is 2.93. The van der Waals surface area contributed by atoms with Crippen molar-refractivity contribution in [1.29, 1.82) is 0 Å². The SMILES string of the molecule is CCC(CC)NC(=O)C1CCCN(S(=O)(=O)c2ccccc2)C1. The van der Waals surface area contributed by atoms with Crippen molar-refractivity contribution in [3.05, 3.63) is 30.3 Å². The molecule has 0 aliphatic carbocycles. The Kier molecular flexibility index (Phi) is 6.18. The largest absolute Gasteiger partial charge is 0.353 e.